The number of nitrogens with zero attached hydrogens (tertiary/aromatic N) is 3. The molecule has 2 aromatic heterocycles. The number of thiophene rings is 1. The molecule has 1 amide bonds. The van der Waals surface area contributed by atoms with Crippen LogP contribution in [0, 0.1) is 0 Å². The summed E-state index contributed by atoms with van der Waals surface area (Å²) in [6, 6.07) is 3.95. The minimum atomic E-state index is -0.0837. The van der Waals surface area contributed by atoms with Gasteiger partial charge in [-0.2, -0.15) is 0 Å². The number of amides is 1. The van der Waals surface area contributed by atoms with Crippen molar-refractivity contribution in [1.29, 1.82) is 0 Å². The quantitative estimate of drug-likeness (QED) is 0.814. The molecule has 0 bridgehead atoms. The SMILES string of the molecule is CN1CCC(n2ccnc2-c2cccs2)C1=O. The molecular weight excluding hydrogens is 234 g/mol. The highest BCUT2D eigenvalue weighted by molar-refractivity contribution is 7.13. The van der Waals surface area contributed by atoms with Gasteiger partial charge in [-0.15, -0.1) is 11.3 Å². The van der Waals surface area contributed by atoms with Gasteiger partial charge in [0.05, 0.1) is 4.88 Å². The third kappa shape index (κ3) is 1.67. The van der Waals surface area contributed by atoms with Crippen molar-refractivity contribution in [2.24, 2.45) is 0 Å². The molecule has 1 saturated heterocycles. The van der Waals surface area contributed by atoms with E-state index in [2.05, 4.69) is 4.98 Å². The first-order valence-corrected chi connectivity index (χ1v) is 6.47. The Morgan fingerprint density at radius 3 is 3.06 bits per heavy atom. The van der Waals surface area contributed by atoms with Crippen LogP contribution in [0.5, 0.6) is 0 Å². The van der Waals surface area contributed by atoms with E-state index in [1.165, 1.54) is 0 Å². The number of rotatable bonds is 2. The van der Waals surface area contributed by atoms with E-state index >= 15 is 0 Å². The minimum Gasteiger partial charge on any atom is -0.344 e. The molecule has 3 rings (SSSR count). The monoisotopic (exact) mass is 247 g/mol. The Balaban J connectivity index is 2.00. The van der Waals surface area contributed by atoms with Crippen LogP contribution in [-0.2, 0) is 4.79 Å². The Labute approximate surface area is 104 Å². The summed E-state index contributed by atoms with van der Waals surface area (Å²) in [6.07, 6.45) is 4.53. The predicted octanol–water partition coefficient (Wildman–Crippen LogP) is 2.01. The highest BCUT2D eigenvalue weighted by Crippen LogP contribution is 2.29. The molecular formula is C12H13N3OS. The van der Waals surface area contributed by atoms with Gasteiger partial charge in [-0.1, -0.05) is 6.07 Å². The van der Waals surface area contributed by atoms with Gasteiger partial charge in [0.2, 0.25) is 5.91 Å². The number of aromatic nitrogens is 2. The summed E-state index contributed by atoms with van der Waals surface area (Å²) in [4.78, 5) is 19.3. The van der Waals surface area contributed by atoms with Crippen molar-refractivity contribution in [2.45, 2.75) is 12.5 Å². The van der Waals surface area contributed by atoms with E-state index in [4.69, 9.17) is 0 Å². The van der Waals surface area contributed by atoms with Gasteiger partial charge in [0, 0.05) is 26.0 Å². The summed E-state index contributed by atoms with van der Waals surface area (Å²) < 4.78 is 2.00. The summed E-state index contributed by atoms with van der Waals surface area (Å²) in [6.45, 7) is 0.825. The fourth-order valence-corrected chi connectivity index (χ4v) is 2.95. The van der Waals surface area contributed by atoms with E-state index in [0.717, 1.165) is 23.7 Å². The first-order chi connectivity index (χ1) is 8.27. The molecule has 0 aromatic carbocycles. The van der Waals surface area contributed by atoms with Gasteiger partial charge < -0.3 is 9.47 Å². The molecule has 5 heteroatoms. The zero-order valence-corrected chi connectivity index (χ0v) is 10.4. The first-order valence-electron chi connectivity index (χ1n) is 5.59. The Morgan fingerprint density at radius 1 is 1.53 bits per heavy atom. The molecule has 0 saturated carbocycles. The molecule has 4 nitrogen and oxygen atoms in total. The van der Waals surface area contributed by atoms with Crippen LogP contribution in [0.15, 0.2) is 29.9 Å². The van der Waals surface area contributed by atoms with Gasteiger partial charge in [0.25, 0.3) is 0 Å². The summed E-state index contributed by atoms with van der Waals surface area (Å²) in [7, 11) is 1.85. The van der Waals surface area contributed by atoms with Crippen LogP contribution in [0.25, 0.3) is 10.7 Å². The maximum atomic E-state index is 12.0. The van der Waals surface area contributed by atoms with Crippen LogP contribution in [0.1, 0.15) is 12.5 Å². The lowest BCUT2D eigenvalue weighted by atomic mass is 10.2. The van der Waals surface area contributed by atoms with Gasteiger partial charge in [0.15, 0.2) is 5.82 Å². The van der Waals surface area contributed by atoms with E-state index in [9.17, 15) is 4.79 Å². The second-order valence-electron chi connectivity index (χ2n) is 4.20. The molecule has 0 spiro atoms. The zero-order valence-electron chi connectivity index (χ0n) is 9.54. The number of carbonyl (C=O) groups is 1. The maximum Gasteiger partial charge on any atom is 0.245 e. The first kappa shape index (κ1) is 10.5. The molecule has 1 unspecified atom stereocenters. The molecule has 88 valence electrons. The van der Waals surface area contributed by atoms with Crippen LogP contribution in [0.2, 0.25) is 0 Å². The third-order valence-corrected chi connectivity index (χ3v) is 4.01. The van der Waals surface area contributed by atoms with E-state index in [0.29, 0.717) is 0 Å². The molecule has 0 N–H and O–H groups in total. The van der Waals surface area contributed by atoms with Gasteiger partial charge in [0.1, 0.15) is 6.04 Å². The molecule has 1 atom stereocenters. The molecule has 0 aliphatic carbocycles. The normalized spacial score (nSPS) is 20.2. The second-order valence-corrected chi connectivity index (χ2v) is 5.15. The number of carbonyl (C=O) groups excluding carboxylic acids is 1. The van der Waals surface area contributed by atoms with Gasteiger partial charge >= 0.3 is 0 Å². The van der Waals surface area contributed by atoms with E-state index < -0.39 is 0 Å². The standard InChI is InChI=1S/C12H13N3OS/c1-14-6-4-9(12(14)16)15-7-5-13-11(15)10-3-2-8-17-10/h2-3,5,7-9H,4,6H2,1H3. The lowest BCUT2D eigenvalue weighted by Crippen LogP contribution is -2.24. The Morgan fingerprint density at radius 2 is 2.41 bits per heavy atom. The molecule has 1 fully saturated rings. The molecule has 3 heterocycles. The van der Waals surface area contributed by atoms with Gasteiger partial charge in [-0.25, -0.2) is 4.98 Å². The van der Waals surface area contributed by atoms with Crippen molar-refractivity contribution in [1.82, 2.24) is 14.5 Å². The van der Waals surface area contributed by atoms with E-state index in [1.807, 2.05) is 35.3 Å². The summed E-state index contributed by atoms with van der Waals surface area (Å²) in [5, 5.41) is 2.02. The fraction of sp³-hybridized carbons (Fsp3) is 0.333. The van der Waals surface area contributed by atoms with Crippen LogP contribution in [-0.4, -0.2) is 34.0 Å². The molecule has 2 aromatic rings. The number of likely N-dealkylation sites (N-methyl/N-ethyl adjacent to an activating group) is 1. The lowest BCUT2D eigenvalue weighted by Gasteiger charge is -2.13. The summed E-state index contributed by atoms with van der Waals surface area (Å²) in [5.74, 6) is 1.08. The average molecular weight is 247 g/mol. The van der Waals surface area contributed by atoms with Gasteiger partial charge in [-0.05, 0) is 17.9 Å². The predicted molar refractivity (Wildman–Crippen MR) is 66.8 cm³/mol. The molecule has 0 radical (unpaired) electrons. The topological polar surface area (TPSA) is 38.1 Å². The van der Waals surface area contributed by atoms with Crippen molar-refractivity contribution in [3.05, 3.63) is 29.9 Å². The van der Waals surface area contributed by atoms with E-state index in [-0.39, 0.29) is 11.9 Å². The highest BCUT2D eigenvalue weighted by atomic mass is 32.1. The zero-order chi connectivity index (χ0) is 11.8. The molecule has 1 aliphatic heterocycles. The Kier molecular flexibility index (Phi) is 2.48. The Hall–Kier alpha value is -1.62. The number of imidazole rings is 1. The number of hydrogen-bond donors (Lipinski definition) is 0. The third-order valence-electron chi connectivity index (χ3n) is 3.15. The van der Waals surface area contributed by atoms with Crippen molar-refractivity contribution in [2.75, 3.05) is 13.6 Å². The summed E-state index contributed by atoms with van der Waals surface area (Å²) in [5.41, 5.74) is 0. The average Bonchev–Trinajstić information content (AvgIpc) is 3.01. The molecule has 17 heavy (non-hydrogen) atoms. The fourth-order valence-electron chi connectivity index (χ4n) is 2.22. The lowest BCUT2D eigenvalue weighted by molar-refractivity contribution is -0.129. The minimum absolute atomic E-state index is 0.0837. The summed E-state index contributed by atoms with van der Waals surface area (Å²) >= 11 is 1.65. The van der Waals surface area contributed by atoms with Crippen LogP contribution in [0.4, 0.5) is 0 Å². The highest BCUT2D eigenvalue weighted by Gasteiger charge is 2.31. The van der Waals surface area contributed by atoms with Gasteiger partial charge in [-0.3, -0.25) is 4.79 Å². The van der Waals surface area contributed by atoms with Crippen molar-refractivity contribution in [3.8, 4) is 10.7 Å². The number of likely N-dealkylation sites (tertiary alicyclic amines) is 1. The molecule has 1 aliphatic rings. The van der Waals surface area contributed by atoms with Crippen molar-refractivity contribution >= 4 is 17.2 Å². The second kappa shape index (κ2) is 4.00. The maximum absolute atomic E-state index is 12.0. The van der Waals surface area contributed by atoms with Crippen LogP contribution in [0.3, 0.4) is 0 Å². The van der Waals surface area contributed by atoms with Crippen LogP contribution < -0.4 is 0 Å². The number of hydrogen-bond acceptors (Lipinski definition) is 3. The van der Waals surface area contributed by atoms with Crippen molar-refractivity contribution in [3.63, 3.8) is 0 Å². The Bertz CT molecular complexity index is 532. The van der Waals surface area contributed by atoms with Crippen LogP contribution >= 0.6 is 11.3 Å². The smallest absolute Gasteiger partial charge is 0.245 e. The largest absolute Gasteiger partial charge is 0.344 e. The van der Waals surface area contributed by atoms with E-state index in [1.54, 1.807) is 22.4 Å². The van der Waals surface area contributed by atoms with Crippen molar-refractivity contribution < 1.29 is 4.79 Å².